The lowest BCUT2D eigenvalue weighted by Crippen LogP contribution is -2.30. The van der Waals surface area contributed by atoms with E-state index < -0.39 is 0 Å². The molecule has 4 nitrogen and oxygen atoms in total. The van der Waals surface area contributed by atoms with E-state index in [1.54, 1.807) is 6.07 Å². The summed E-state index contributed by atoms with van der Waals surface area (Å²) in [6, 6.07) is 5.98. The Morgan fingerprint density at radius 3 is 3.13 bits per heavy atom. The molecule has 1 atom stereocenters. The highest BCUT2D eigenvalue weighted by Crippen LogP contribution is 2.16. The van der Waals surface area contributed by atoms with Crippen LogP contribution in [0.5, 0.6) is 5.88 Å². The summed E-state index contributed by atoms with van der Waals surface area (Å²) in [5.74, 6) is 1.13. The van der Waals surface area contributed by atoms with Gasteiger partial charge in [0.2, 0.25) is 5.88 Å². The van der Waals surface area contributed by atoms with Crippen molar-refractivity contribution in [2.75, 3.05) is 25.9 Å². The Balaban J connectivity index is 1.87. The van der Waals surface area contributed by atoms with Crippen molar-refractivity contribution in [2.45, 2.75) is 18.9 Å². The molecule has 15 heavy (non-hydrogen) atoms. The third kappa shape index (κ3) is 2.59. The number of hydrogen-bond donors (Lipinski definition) is 1. The van der Waals surface area contributed by atoms with Crippen molar-refractivity contribution in [3.63, 3.8) is 0 Å². The summed E-state index contributed by atoms with van der Waals surface area (Å²) in [6.45, 7) is 1.87. The molecule has 1 saturated heterocycles. The van der Waals surface area contributed by atoms with Crippen LogP contribution in [0.4, 0.5) is 5.82 Å². The van der Waals surface area contributed by atoms with Crippen LogP contribution < -0.4 is 10.5 Å². The maximum atomic E-state index is 5.61. The van der Waals surface area contributed by atoms with Gasteiger partial charge in [-0.25, -0.2) is 0 Å². The summed E-state index contributed by atoms with van der Waals surface area (Å²) >= 11 is 0. The topological polar surface area (TPSA) is 51.4 Å². The number of likely N-dealkylation sites (tertiary alicyclic amines) is 1. The Morgan fingerprint density at radius 2 is 2.47 bits per heavy atom. The van der Waals surface area contributed by atoms with Crippen molar-refractivity contribution in [1.29, 1.82) is 0 Å². The number of hydrogen-bond acceptors (Lipinski definition) is 4. The number of rotatable bonds is 3. The fraction of sp³-hybridized carbons (Fsp3) is 0.545. The van der Waals surface area contributed by atoms with Crippen LogP contribution in [0.2, 0.25) is 0 Å². The zero-order valence-corrected chi connectivity index (χ0v) is 9.02. The molecule has 2 heterocycles. The molecular formula is C11H17N3O. The van der Waals surface area contributed by atoms with Crippen molar-refractivity contribution in [1.82, 2.24) is 9.88 Å². The standard InChI is InChI=1S/C11H17N3O/c1-14-7-3-4-9(14)8-15-11-6-2-5-10(12)13-11/h2,5-6,9H,3-4,7-8H2,1H3,(H2,12,13). The number of ether oxygens (including phenoxy) is 1. The molecule has 2 rings (SSSR count). The van der Waals surface area contributed by atoms with E-state index in [0.29, 0.717) is 24.3 Å². The van der Waals surface area contributed by atoms with E-state index in [9.17, 15) is 0 Å². The second-order valence-electron chi connectivity index (χ2n) is 3.99. The van der Waals surface area contributed by atoms with Gasteiger partial charge in [0, 0.05) is 12.1 Å². The Hall–Kier alpha value is -1.29. The predicted molar refractivity (Wildman–Crippen MR) is 59.8 cm³/mol. The zero-order chi connectivity index (χ0) is 10.7. The van der Waals surface area contributed by atoms with Gasteiger partial charge in [0.05, 0.1) is 0 Å². The highest BCUT2D eigenvalue weighted by molar-refractivity contribution is 5.31. The molecule has 4 heteroatoms. The quantitative estimate of drug-likeness (QED) is 0.807. The second-order valence-corrected chi connectivity index (χ2v) is 3.99. The fourth-order valence-electron chi connectivity index (χ4n) is 1.88. The molecule has 0 aromatic carbocycles. The van der Waals surface area contributed by atoms with Gasteiger partial charge in [0.1, 0.15) is 12.4 Å². The highest BCUT2D eigenvalue weighted by Gasteiger charge is 2.21. The van der Waals surface area contributed by atoms with Gasteiger partial charge >= 0.3 is 0 Å². The molecule has 1 aliphatic heterocycles. The minimum absolute atomic E-state index is 0.507. The first kappa shape index (κ1) is 10.2. The van der Waals surface area contributed by atoms with Crippen LogP contribution in [0, 0.1) is 0 Å². The Morgan fingerprint density at radius 1 is 1.60 bits per heavy atom. The minimum atomic E-state index is 0.507. The number of nitrogens with two attached hydrogens (primary N) is 1. The Kier molecular flexibility index (Phi) is 3.06. The van der Waals surface area contributed by atoms with Gasteiger partial charge in [-0.3, -0.25) is 0 Å². The Labute approximate surface area is 90.0 Å². The van der Waals surface area contributed by atoms with Crippen molar-refractivity contribution in [3.05, 3.63) is 18.2 Å². The summed E-state index contributed by atoms with van der Waals surface area (Å²) in [5.41, 5.74) is 5.57. The number of anilines is 1. The molecule has 1 unspecified atom stereocenters. The van der Waals surface area contributed by atoms with Gasteiger partial charge in [-0.05, 0) is 32.5 Å². The van der Waals surface area contributed by atoms with E-state index in [-0.39, 0.29) is 0 Å². The van der Waals surface area contributed by atoms with E-state index in [2.05, 4.69) is 16.9 Å². The van der Waals surface area contributed by atoms with Crippen LogP contribution in [0.3, 0.4) is 0 Å². The lowest BCUT2D eigenvalue weighted by Gasteiger charge is -2.19. The fourth-order valence-corrected chi connectivity index (χ4v) is 1.88. The van der Waals surface area contributed by atoms with E-state index in [4.69, 9.17) is 10.5 Å². The third-order valence-electron chi connectivity index (χ3n) is 2.84. The zero-order valence-electron chi connectivity index (χ0n) is 9.02. The maximum Gasteiger partial charge on any atom is 0.215 e. The lowest BCUT2D eigenvalue weighted by molar-refractivity contribution is 0.193. The molecule has 1 aromatic rings. The highest BCUT2D eigenvalue weighted by atomic mass is 16.5. The van der Waals surface area contributed by atoms with E-state index in [0.717, 1.165) is 0 Å². The van der Waals surface area contributed by atoms with Crippen LogP contribution in [0.25, 0.3) is 0 Å². The van der Waals surface area contributed by atoms with Gasteiger partial charge in [-0.1, -0.05) is 6.07 Å². The number of likely N-dealkylation sites (N-methyl/N-ethyl adjacent to an activating group) is 1. The number of nitrogen functional groups attached to an aromatic ring is 1. The number of nitrogens with zero attached hydrogens (tertiary/aromatic N) is 2. The molecule has 1 aliphatic rings. The van der Waals surface area contributed by atoms with Crippen molar-refractivity contribution in [3.8, 4) is 5.88 Å². The minimum Gasteiger partial charge on any atom is -0.476 e. The summed E-state index contributed by atoms with van der Waals surface area (Å²) in [7, 11) is 2.13. The van der Waals surface area contributed by atoms with E-state index >= 15 is 0 Å². The first-order valence-corrected chi connectivity index (χ1v) is 5.31. The number of aromatic nitrogens is 1. The van der Waals surface area contributed by atoms with Crippen LogP contribution in [0.1, 0.15) is 12.8 Å². The van der Waals surface area contributed by atoms with Crippen LogP contribution >= 0.6 is 0 Å². The van der Waals surface area contributed by atoms with E-state index in [1.165, 1.54) is 19.4 Å². The summed E-state index contributed by atoms with van der Waals surface area (Å²) in [4.78, 5) is 6.42. The van der Waals surface area contributed by atoms with Gasteiger partial charge in [-0.15, -0.1) is 0 Å². The maximum absolute atomic E-state index is 5.61. The van der Waals surface area contributed by atoms with Gasteiger partial charge < -0.3 is 15.4 Å². The van der Waals surface area contributed by atoms with Crippen LogP contribution in [0.15, 0.2) is 18.2 Å². The van der Waals surface area contributed by atoms with E-state index in [1.807, 2.05) is 12.1 Å². The second kappa shape index (κ2) is 4.49. The van der Waals surface area contributed by atoms with Crippen molar-refractivity contribution >= 4 is 5.82 Å². The molecule has 2 N–H and O–H groups in total. The molecule has 0 spiro atoms. The molecule has 1 aromatic heterocycles. The average molecular weight is 207 g/mol. The number of pyridine rings is 1. The first-order valence-electron chi connectivity index (χ1n) is 5.31. The molecular weight excluding hydrogens is 190 g/mol. The SMILES string of the molecule is CN1CCCC1COc1cccc(N)n1. The monoisotopic (exact) mass is 207 g/mol. The molecule has 0 radical (unpaired) electrons. The summed E-state index contributed by atoms with van der Waals surface area (Å²) in [5, 5.41) is 0. The molecule has 82 valence electrons. The predicted octanol–water partition coefficient (Wildman–Crippen LogP) is 1.14. The lowest BCUT2D eigenvalue weighted by atomic mass is 10.2. The molecule has 0 bridgehead atoms. The molecule has 1 fully saturated rings. The third-order valence-corrected chi connectivity index (χ3v) is 2.84. The average Bonchev–Trinajstić information content (AvgIpc) is 2.61. The molecule has 0 aliphatic carbocycles. The Bertz CT molecular complexity index is 329. The first-order chi connectivity index (χ1) is 7.25. The molecule has 0 saturated carbocycles. The van der Waals surface area contributed by atoms with Crippen LogP contribution in [-0.4, -0.2) is 36.1 Å². The van der Waals surface area contributed by atoms with Crippen LogP contribution in [-0.2, 0) is 0 Å². The van der Waals surface area contributed by atoms with Crippen molar-refractivity contribution < 1.29 is 4.74 Å². The smallest absolute Gasteiger partial charge is 0.215 e. The normalized spacial score (nSPS) is 21.8. The molecule has 0 amide bonds. The van der Waals surface area contributed by atoms with Gasteiger partial charge in [-0.2, -0.15) is 4.98 Å². The largest absolute Gasteiger partial charge is 0.476 e. The van der Waals surface area contributed by atoms with Crippen molar-refractivity contribution in [2.24, 2.45) is 0 Å². The van der Waals surface area contributed by atoms with Gasteiger partial charge in [0.25, 0.3) is 0 Å². The van der Waals surface area contributed by atoms with Gasteiger partial charge in [0.15, 0.2) is 0 Å². The summed E-state index contributed by atoms with van der Waals surface area (Å²) < 4.78 is 5.61. The summed E-state index contributed by atoms with van der Waals surface area (Å²) in [6.07, 6.45) is 2.47.